The maximum atomic E-state index is 10.1. The lowest BCUT2D eigenvalue weighted by molar-refractivity contribution is 0.126. The standard InChI is InChI=1S/C18H19N3O2S/c1-12-8-17(19)21-18(20-12)24-11-15(22)10-23-16-7-6-13-4-2-3-5-14(13)9-16/h2-9,15,22H,10-11H2,1H3,(H2,19,20,21)/t15-/m1/s1. The predicted molar refractivity (Wildman–Crippen MR) is 97.4 cm³/mol. The van der Waals surface area contributed by atoms with E-state index in [1.165, 1.54) is 11.8 Å². The van der Waals surface area contributed by atoms with E-state index < -0.39 is 6.10 Å². The summed E-state index contributed by atoms with van der Waals surface area (Å²) in [4.78, 5) is 8.41. The molecule has 0 spiro atoms. The number of benzene rings is 2. The van der Waals surface area contributed by atoms with E-state index in [9.17, 15) is 5.11 Å². The molecule has 0 amide bonds. The number of rotatable bonds is 6. The zero-order valence-corrected chi connectivity index (χ0v) is 14.2. The highest BCUT2D eigenvalue weighted by Crippen LogP contribution is 2.21. The van der Waals surface area contributed by atoms with Crippen molar-refractivity contribution in [2.45, 2.75) is 18.2 Å². The van der Waals surface area contributed by atoms with Crippen LogP contribution in [0.4, 0.5) is 5.82 Å². The molecule has 0 bridgehead atoms. The Morgan fingerprint density at radius 2 is 1.92 bits per heavy atom. The summed E-state index contributed by atoms with van der Waals surface area (Å²) < 4.78 is 5.68. The summed E-state index contributed by atoms with van der Waals surface area (Å²) in [6.07, 6.45) is -0.619. The number of nitrogen functional groups attached to an aromatic ring is 1. The molecule has 1 heterocycles. The lowest BCUT2D eigenvalue weighted by Gasteiger charge is -2.12. The molecule has 0 unspecified atom stereocenters. The molecule has 5 nitrogen and oxygen atoms in total. The number of thioether (sulfide) groups is 1. The van der Waals surface area contributed by atoms with Gasteiger partial charge in [0.05, 0.1) is 6.10 Å². The van der Waals surface area contributed by atoms with Crippen LogP contribution >= 0.6 is 11.8 Å². The van der Waals surface area contributed by atoms with Gasteiger partial charge in [-0.3, -0.25) is 0 Å². The van der Waals surface area contributed by atoms with E-state index in [0.29, 0.717) is 16.7 Å². The molecule has 0 saturated carbocycles. The van der Waals surface area contributed by atoms with Crippen LogP contribution in [0.5, 0.6) is 5.75 Å². The number of hydrogen-bond acceptors (Lipinski definition) is 6. The first kappa shape index (κ1) is 16.5. The maximum Gasteiger partial charge on any atom is 0.189 e. The molecule has 0 aliphatic heterocycles. The van der Waals surface area contributed by atoms with Crippen LogP contribution in [0.1, 0.15) is 5.69 Å². The van der Waals surface area contributed by atoms with Gasteiger partial charge in [-0.2, -0.15) is 0 Å². The van der Waals surface area contributed by atoms with Crippen molar-refractivity contribution in [2.75, 3.05) is 18.1 Å². The molecule has 1 aromatic heterocycles. The third-order valence-electron chi connectivity index (χ3n) is 3.42. The summed E-state index contributed by atoms with van der Waals surface area (Å²) >= 11 is 1.36. The Morgan fingerprint density at radius 1 is 1.12 bits per heavy atom. The Hall–Kier alpha value is -2.31. The van der Waals surface area contributed by atoms with Crippen LogP contribution in [-0.2, 0) is 0 Å². The molecule has 3 rings (SSSR count). The van der Waals surface area contributed by atoms with E-state index in [-0.39, 0.29) is 6.61 Å². The second-order valence-electron chi connectivity index (χ2n) is 5.50. The highest BCUT2D eigenvalue weighted by atomic mass is 32.2. The van der Waals surface area contributed by atoms with Crippen molar-refractivity contribution in [2.24, 2.45) is 0 Å². The molecule has 1 atom stereocenters. The van der Waals surface area contributed by atoms with Crippen molar-refractivity contribution in [3.8, 4) is 5.75 Å². The Kier molecular flexibility index (Phi) is 5.17. The Labute approximate surface area is 144 Å². The summed E-state index contributed by atoms with van der Waals surface area (Å²) in [6.45, 7) is 2.08. The molecule has 0 aliphatic rings. The van der Waals surface area contributed by atoms with Gasteiger partial charge in [-0.1, -0.05) is 42.1 Å². The fourth-order valence-electron chi connectivity index (χ4n) is 2.30. The van der Waals surface area contributed by atoms with E-state index in [1.807, 2.05) is 43.3 Å². The minimum Gasteiger partial charge on any atom is -0.491 e. The summed E-state index contributed by atoms with van der Waals surface area (Å²) in [5.41, 5.74) is 6.51. The molecule has 124 valence electrons. The van der Waals surface area contributed by atoms with E-state index in [0.717, 1.165) is 22.2 Å². The average molecular weight is 341 g/mol. The molecule has 6 heteroatoms. The quantitative estimate of drug-likeness (QED) is 0.530. The number of nitrogens with zero attached hydrogens (tertiary/aromatic N) is 2. The largest absolute Gasteiger partial charge is 0.491 e. The van der Waals surface area contributed by atoms with Gasteiger partial charge in [-0.25, -0.2) is 9.97 Å². The van der Waals surface area contributed by atoms with Crippen LogP contribution in [0.2, 0.25) is 0 Å². The molecular weight excluding hydrogens is 322 g/mol. The zero-order valence-electron chi connectivity index (χ0n) is 13.3. The van der Waals surface area contributed by atoms with Crippen LogP contribution in [0.25, 0.3) is 10.8 Å². The number of anilines is 1. The first-order valence-corrected chi connectivity index (χ1v) is 8.62. The Bertz CT molecular complexity index is 821. The van der Waals surface area contributed by atoms with Crippen molar-refractivity contribution in [3.05, 3.63) is 54.2 Å². The van der Waals surface area contributed by atoms with Crippen LogP contribution in [0.3, 0.4) is 0 Å². The number of fused-ring (bicyclic) bond motifs is 1. The number of ether oxygens (including phenoxy) is 1. The van der Waals surface area contributed by atoms with Gasteiger partial charge >= 0.3 is 0 Å². The van der Waals surface area contributed by atoms with Crippen molar-refractivity contribution in [3.63, 3.8) is 0 Å². The third kappa shape index (κ3) is 4.37. The predicted octanol–water partition coefficient (Wildman–Crippen LogP) is 3.05. The smallest absolute Gasteiger partial charge is 0.189 e. The first-order chi connectivity index (χ1) is 11.6. The average Bonchev–Trinajstić information content (AvgIpc) is 2.57. The Morgan fingerprint density at radius 3 is 2.71 bits per heavy atom. The van der Waals surface area contributed by atoms with Crippen molar-refractivity contribution >= 4 is 28.4 Å². The van der Waals surface area contributed by atoms with E-state index in [1.54, 1.807) is 6.07 Å². The van der Waals surface area contributed by atoms with Crippen LogP contribution in [0, 0.1) is 6.92 Å². The van der Waals surface area contributed by atoms with E-state index in [4.69, 9.17) is 10.5 Å². The van der Waals surface area contributed by atoms with Gasteiger partial charge in [-0.15, -0.1) is 0 Å². The third-order valence-corrected chi connectivity index (χ3v) is 4.41. The van der Waals surface area contributed by atoms with Crippen molar-refractivity contribution < 1.29 is 9.84 Å². The van der Waals surface area contributed by atoms with Crippen molar-refractivity contribution in [1.82, 2.24) is 9.97 Å². The lowest BCUT2D eigenvalue weighted by atomic mass is 10.1. The van der Waals surface area contributed by atoms with Crippen LogP contribution < -0.4 is 10.5 Å². The van der Waals surface area contributed by atoms with Gasteiger partial charge < -0.3 is 15.6 Å². The molecule has 0 radical (unpaired) electrons. The van der Waals surface area contributed by atoms with E-state index >= 15 is 0 Å². The van der Waals surface area contributed by atoms with Gasteiger partial charge in [-0.05, 0) is 29.8 Å². The fourth-order valence-corrected chi connectivity index (χ4v) is 3.11. The maximum absolute atomic E-state index is 10.1. The van der Waals surface area contributed by atoms with Crippen LogP contribution in [0.15, 0.2) is 53.7 Å². The number of aryl methyl sites for hydroxylation is 1. The number of nitrogens with two attached hydrogens (primary N) is 1. The lowest BCUT2D eigenvalue weighted by Crippen LogP contribution is -2.20. The summed E-state index contributed by atoms with van der Waals surface area (Å²) in [5.74, 6) is 1.62. The summed E-state index contributed by atoms with van der Waals surface area (Å²) in [6, 6.07) is 15.7. The number of aliphatic hydroxyl groups excluding tert-OH is 1. The second kappa shape index (κ2) is 7.51. The van der Waals surface area contributed by atoms with Gasteiger partial charge in [0.1, 0.15) is 18.2 Å². The van der Waals surface area contributed by atoms with Crippen molar-refractivity contribution in [1.29, 1.82) is 0 Å². The molecular formula is C18H19N3O2S. The minimum atomic E-state index is -0.619. The number of aromatic nitrogens is 2. The van der Waals surface area contributed by atoms with Gasteiger partial charge in [0.2, 0.25) is 0 Å². The van der Waals surface area contributed by atoms with Gasteiger partial charge in [0.25, 0.3) is 0 Å². The SMILES string of the molecule is Cc1cc(N)nc(SC[C@H](O)COc2ccc3ccccc3c2)n1. The molecule has 2 aromatic carbocycles. The monoisotopic (exact) mass is 341 g/mol. The van der Waals surface area contributed by atoms with Gasteiger partial charge in [0, 0.05) is 17.5 Å². The molecule has 3 N–H and O–H groups in total. The highest BCUT2D eigenvalue weighted by Gasteiger charge is 2.09. The topological polar surface area (TPSA) is 81.3 Å². The second-order valence-corrected chi connectivity index (χ2v) is 6.49. The zero-order chi connectivity index (χ0) is 16.9. The molecule has 3 aromatic rings. The van der Waals surface area contributed by atoms with E-state index in [2.05, 4.69) is 16.0 Å². The molecule has 24 heavy (non-hydrogen) atoms. The minimum absolute atomic E-state index is 0.215. The molecule has 0 fully saturated rings. The Balaban J connectivity index is 1.53. The molecule has 0 saturated heterocycles. The van der Waals surface area contributed by atoms with Gasteiger partial charge in [0.15, 0.2) is 5.16 Å². The fraction of sp³-hybridized carbons (Fsp3) is 0.222. The number of aliphatic hydroxyl groups is 1. The normalized spacial score (nSPS) is 12.2. The summed E-state index contributed by atoms with van der Waals surface area (Å²) in [5, 5.41) is 12.9. The summed E-state index contributed by atoms with van der Waals surface area (Å²) in [7, 11) is 0. The first-order valence-electron chi connectivity index (χ1n) is 7.64. The highest BCUT2D eigenvalue weighted by molar-refractivity contribution is 7.99. The number of hydrogen-bond donors (Lipinski definition) is 2. The molecule has 0 aliphatic carbocycles. The van der Waals surface area contributed by atoms with Crippen LogP contribution in [-0.4, -0.2) is 33.5 Å².